The van der Waals surface area contributed by atoms with Crippen molar-refractivity contribution in [3.8, 4) is 0 Å². The Bertz CT molecular complexity index is 365. The lowest BCUT2D eigenvalue weighted by atomic mass is 10.2. The zero-order chi connectivity index (χ0) is 11.1. The molecule has 0 bridgehead atoms. The number of halogens is 1. The van der Waals surface area contributed by atoms with E-state index >= 15 is 0 Å². The molecule has 0 saturated carbocycles. The third kappa shape index (κ3) is 4.90. The third-order valence-electron chi connectivity index (χ3n) is 1.57. The molecule has 80 valence electrons. The molecule has 0 unspecified atom stereocenters. The van der Waals surface area contributed by atoms with Crippen molar-refractivity contribution in [3.05, 3.63) is 34.3 Å². The highest BCUT2D eigenvalue weighted by molar-refractivity contribution is 9.10. The van der Waals surface area contributed by atoms with Crippen molar-refractivity contribution in [1.29, 1.82) is 0 Å². The van der Waals surface area contributed by atoms with E-state index in [9.17, 15) is 0 Å². The Morgan fingerprint density at radius 1 is 1.60 bits per heavy atom. The summed E-state index contributed by atoms with van der Waals surface area (Å²) in [5.74, 6) is 0. The van der Waals surface area contributed by atoms with E-state index in [1.54, 1.807) is 6.21 Å². The predicted octanol–water partition coefficient (Wildman–Crippen LogP) is 2.27. The topological polar surface area (TPSA) is 36.4 Å². The normalized spacial score (nSPS) is 10.3. The number of hydrazone groups is 1. The summed E-state index contributed by atoms with van der Waals surface area (Å²) in [4.78, 5) is 0. The van der Waals surface area contributed by atoms with Crippen LogP contribution in [-0.2, 0) is 0 Å². The fourth-order valence-electron chi connectivity index (χ4n) is 0.952. The van der Waals surface area contributed by atoms with E-state index in [2.05, 4.69) is 31.8 Å². The number of nitrogens with zero attached hydrogens (tertiary/aromatic N) is 1. The van der Waals surface area contributed by atoms with Gasteiger partial charge >= 0.3 is 0 Å². The van der Waals surface area contributed by atoms with E-state index in [1.165, 1.54) is 0 Å². The first-order chi connectivity index (χ1) is 7.22. The van der Waals surface area contributed by atoms with Gasteiger partial charge in [-0.05, 0) is 36.8 Å². The monoisotopic (exact) mass is 285 g/mol. The fourth-order valence-corrected chi connectivity index (χ4v) is 1.57. The van der Waals surface area contributed by atoms with Crippen molar-refractivity contribution in [1.82, 2.24) is 10.7 Å². The van der Waals surface area contributed by atoms with Crippen molar-refractivity contribution in [2.75, 3.05) is 6.54 Å². The van der Waals surface area contributed by atoms with E-state index in [4.69, 9.17) is 12.2 Å². The summed E-state index contributed by atoms with van der Waals surface area (Å²) in [5, 5.41) is 7.47. The summed E-state index contributed by atoms with van der Waals surface area (Å²) in [6, 6.07) is 7.86. The smallest absolute Gasteiger partial charge is 0.186 e. The Morgan fingerprint density at radius 2 is 2.40 bits per heavy atom. The summed E-state index contributed by atoms with van der Waals surface area (Å²) in [6.07, 6.45) is 1.72. The Morgan fingerprint density at radius 3 is 3.07 bits per heavy atom. The van der Waals surface area contributed by atoms with Crippen LogP contribution in [0.2, 0.25) is 0 Å². The third-order valence-corrected chi connectivity index (χ3v) is 2.29. The number of nitrogens with one attached hydrogen (secondary N) is 2. The van der Waals surface area contributed by atoms with Crippen LogP contribution in [0, 0.1) is 0 Å². The minimum absolute atomic E-state index is 0.531. The average Bonchev–Trinajstić information content (AvgIpc) is 2.18. The molecule has 2 N–H and O–H groups in total. The van der Waals surface area contributed by atoms with Gasteiger partial charge in [0, 0.05) is 11.0 Å². The van der Waals surface area contributed by atoms with Crippen LogP contribution in [0.3, 0.4) is 0 Å². The van der Waals surface area contributed by atoms with Gasteiger partial charge in [-0.3, -0.25) is 5.43 Å². The molecule has 1 rings (SSSR count). The van der Waals surface area contributed by atoms with Gasteiger partial charge in [0.15, 0.2) is 5.11 Å². The minimum Gasteiger partial charge on any atom is -0.362 e. The van der Waals surface area contributed by atoms with Gasteiger partial charge in [0.05, 0.1) is 6.21 Å². The minimum atomic E-state index is 0.531. The predicted molar refractivity (Wildman–Crippen MR) is 71.1 cm³/mol. The molecular formula is C10H12BrN3S. The number of benzene rings is 1. The average molecular weight is 286 g/mol. The van der Waals surface area contributed by atoms with Crippen molar-refractivity contribution in [2.45, 2.75) is 6.92 Å². The first-order valence-electron chi connectivity index (χ1n) is 4.55. The van der Waals surface area contributed by atoms with Crippen molar-refractivity contribution >= 4 is 39.5 Å². The highest BCUT2D eigenvalue weighted by Gasteiger charge is 1.90. The molecule has 0 aliphatic rings. The maximum Gasteiger partial charge on any atom is 0.186 e. The Labute approximate surface area is 103 Å². The Kier molecular flexibility index (Phi) is 5.28. The lowest BCUT2D eigenvalue weighted by molar-refractivity contribution is 0.904. The molecule has 0 amide bonds. The molecule has 0 spiro atoms. The van der Waals surface area contributed by atoms with Crippen LogP contribution in [0.1, 0.15) is 12.5 Å². The van der Waals surface area contributed by atoms with Gasteiger partial charge in [-0.1, -0.05) is 28.1 Å². The van der Waals surface area contributed by atoms with E-state index in [-0.39, 0.29) is 0 Å². The molecule has 0 saturated heterocycles. The van der Waals surface area contributed by atoms with Crippen LogP contribution >= 0.6 is 28.1 Å². The summed E-state index contributed by atoms with van der Waals surface area (Å²) >= 11 is 8.34. The molecule has 0 aliphatic carbocycles. The maximum absolute atomic E-state index is 4.95. The standard InChI is InChI=1S/C10H12BrN3S/c1-2-12-10(15)14-13-7-8-4-3-5-9(11)6-8/h3-7H,2H2,1H3,(H2,12,14,15)/b13-7+. The van der Waals surface area contributed by atoms with Gasteiger partial charge in [0.2, 0.25) is 0 Å². The first kappa shape index (κ1) is 12.1. The van der Waals surface area contributed by atoms with Crippen LogP contribution < -0.4 is 10.7 Å². The van der Waals surface area contributed by atoms with Crippen molar-refractivity contribution in [3.63, 3.8) is 0 Å². The van der Waals surface area contributed by atoms with E-state index in [0.717, 1.165) is 16.6 Å². The van der Waals surface area contributed by atoms with Gasteiger partial charge in [-0.15, -0.1) is 0 Å². The molecule has 3 nitrogen and oxygen atoms in total. The van der Waals surface area contributed by atoms with Crippen LogP contribution in [0.25, 0.3) is 0 Å². The first-order valence-corrected chi connectivity index (χ1v) is 5.75. The second-order valence-corrected chi connectivity index (χ2v) is 4.11. The van der Waals surface area contributed by atoms with Gasteiger partial charge < -0.3 is 5.32 Å². The second kappa shape index (κ2) is 6.53. The lowest BCUT2D eigenvalue weighted by Gasteiger charge is -2.02. The van der Waals surface area contributed by atoms with Crippen LogP contribution in [0.15, 0.2) is 33.8 Å². The van der Waals surface area contributed by atoms with Crippen LogP contribution in [0.4, 0.5) is 0 Å². The molecule has 0 aromatic heterocycles. The Hall–Kier alpha value is -0.940. The molecular weight excluding hydrogens is 274 g/mol. The molecule has 15 heavy (non-hydrogen) atoms. The van der Waals surface area contributed by atoms with E-state index in [1.807, 2.05) is 31.2 Å². The molecule has 5 heteroatoms. The van der Waals surface area contributed by atoms with Crippen LogP contribution in [0.5, 0.6) is 0 Å². The molecule has 1 aromatic carbocycles. The zero-order valence-corrected chi connectivity index (χ0v) is 10.7. The number of hydrogen-bond donors (Lipinski definition) is 2. The van der Waals surface area contributed by atoms with Gasteiger partial charge in [-0.2, -0.15) is 5.10 Å². The van der Waals surface area contributed by atoms with E-state index < -0.39 is 0 Å². The molecule has 0 fully saturated rings. The molecule has 1 aromatic rings. The molecule has 0 radical (unpaired) electrons. The second-order valence-electron chi connectivity index (χ2n) is 2.78. The quantitative estimate of drug-likeness (QED) is 0.508. The van der Waals surface area contributed by atoms with Crippen LogP contribution in [-0.4, -0.2) is 17.9 Å². The summed E-state index contributed by atoms with van der Waals surface area (Å²) in [6.45, 7) is 2.77. The summed E-state index contributed by atoms with van der Waals surface area (Å²) < 4.78 is 1.03. The van der Waals surface area contributed by atoms with Gasteiger partial charge in [-0.25, -0.2) is 0 Å². The zero-order valence-electron chi connectivity index (χ0n) is 8.33. The van der Waals surface area contributed by atoms with Crippen molar-refractivity contribution < 1.29 is 0 Å². The molecule has 0 heterocycles. The highest BCUT2D eigenvalue weighted by atomic mass is 79.9. The number of thiocarbonyl (C=S) groups is 1. The fraction of sp³-hybridized carbons (Fsp3) is 0.200. The summed E-state index contributed by atoms with van der Waals surface area (Å²) in [7, 11) is 0. The molecule has 0 atom stereocenters. The maximum atomic E-state index is 4.95. The largest absolute Gasteiger partial charge is 0.362 e. The number of hydrogen-bond acceptors (Lipinski definition) is 2. The Balaban J connectivity index is 2.48. The SMILES string of the molecule is CCNC(=S)N/N=C/c1cccc(Br)c1. The van der Waals surface area contributed by atoms with Gasteiger partial charge in [0.25, 0.3) is 0 Å². The van der Waals surface area contributed by atoms with Gasteiger partial charge in [0.1, 0.15) is 0 Å². The summed E-state index contributed by atoms with van der Waals surface area (Å²) in [5.41, 5.74) is 3.74. The lowest BCUT2D eigenvalue weighted by Crippen LogP contribution is -2.31. The van der Waals surface area contributed by atoms with Crippen molar-refractivity contribution in [2.24, 2.45) is 5.10 Å². The highest BCUT2D eigenvalue weighted by Crippen LogP contribution is 2.09. The van der Waals surface area contributed by atoms with E-state index in [0.29, 0.717) is 5.11 Å². The number of rotatable bonds is 3. The molecule has 0 aliphatic heterocycles.